The number of anilines is 1. The van der Waals surface area contributed by atoms with Gasteiger partial charge in [0.1, 0.15) is 12.4 Å². The van der Waals surface area contributed by atoms with Crippen LogP contribution in [0.2, 0.25) is 0 Å². The first-order chi connectivity index (χ1) is 14.0. The van der Waals surface area contributed by atoms with Crippen molar-refractivity contribution in [2.24, 2.45) is 0 Å². The van der Waals surface area contributed by atoms with Crippen LogP contribution in [-0.2, 0) is 14.3 Å². The van der Waals surface area contributed by atoms with Gasteiger partial charge in [-0.25, -0.2) is 4.39 Å². The van der Waals surface area contributed by atoms with Gasteiger partial charge in [-0.2, -0.15) is 0 Å². The molecule has 6 heteroatoms. The second-order valence-electron chi connectivity index (χ2n) is 6.93. The fraction of sp³-hybridized carbons (Fsp3) is 0.217. The molecule has 0 spiro atoms. The van der Waals surface area contributed by atoms with Gasteiger partial charge in [-0.3, -0.25) is 9.59 Å². The van der Waals surface area contributed by atoms with Crippen LogP contribution in [0.3, 0.4) is 0 Å². The van der Waals surface area contributed by atoms with Gasteiger partial charge in [-0.15, -0.1) is 0 Å². The first kappa shape index (κ1) is 19.6. The third kappa shape index (κ3) is 3.65. The van der Waals surface area contributed by atoms with Crippen molar-refractivity contribution in [3.8, 4) is 0 Å². The summed E-state index contributed by atoms with van der Waals surface area (Å²) in [7, 11) is 0. The molecule has 3 aromatic carbocycles. The molecule has 0 bridgehead atoms. The third-order valence-corrected chi connectivity index (χ3v) is 5.69. The Morgan fingerprint density at radius 3 is 2.79 bits per heavy atom. The van der Waals surface area contributed by atoms with Gasteiger partial charge in [0.25, 0.3) is 0 Å². The van der Waals surface area contributed by atoms with E-state index in [0.29, 0.717) is 11.3 Å². The van der Waals surface area contributed by atoms with Crippen molar-refractivity contribution in [3.63, 3.8) is 0 Å². The highest BCUT2D eigenvalue weighted by Gasteiger charge is 2.36. The molecule has 0 saturated heterocycles. The van der Waals surface area contributed by atoms with E-state index in [9.17, 15) is 14.0 Å². The molecule has 148 valence electrons. The number of rotatable bonds is 4. The van der Waals surface area contributed by atoms with E-state index in [1.807, 2.05) is 36.4 Å². The van der Waals surface area contributed by atoms with Crippen LogP contribution < -0.4 is 4.90 Å². The van der Waals surface area contributed by atoms with Gasteiger partial charge in [0, 0.05) is 22.5 Å². The predicted octanol–water partition coefficient (Wildman–Crippen LogP) is 5.17. The molecule has 1 aliphatic rings. The number of amides is 1. The van der Waals surface area contributed by atoms with Crippen LogP contribution in [0.4, 0.5) is 10.1 Å². The molecule has 3 aromatic rings. The normalized spacial score (nSPS) is 16.0. The molecule has 1 heterocycles. The number of hydrogen-bond donors (Lipinski definition) is 0. The second-order valence-corrected chi connectivity index (χ2v) is 7.84. The van der Waals surface area contributed by atoms with Crippen LogP contribution in [0.15, 0.2) is 59.1 Å². The Balaban J connectivity index is 1.92. The SMILES string of the molecule is CCOC(=O)CN1C(=O)CC(c2cc(Br)ccc2F)c2c1ccc1ccccc21. The van der Waals surface area contributed by atoms with Crippen LogP contribution in [0.25, 0.3) is 10.8 Å². The highest BCUT2D eigenvalue weighted by molar-refractivity contribution is 9.10. The van der Waals surface area contributed by atoms with Gasteiger partial charge in [-0.05, 0) is 53.1 Å². The number of carbonyl (C=O) groups is 2. The number of halogens is 2. The molecule has 1 amide bonds. The summed E-state index contributed by atoms with van der Waals surface area (Å²) >= 11 is 3.41. The Morgan fingerprint density at radius 2 is 2.00 bits per heavy atom. The predicted molar refractivity (Wildman–Crippen MR) is 113 cm³/mol. The van der Waals surface area contributed by atoms with Gasteiger partial charge in [-0.1, -0.05) is 46.3 Å². The molecule has 4 nitrogen and oxygen atoms in total. The standard InChI is InChI=1S/C23H19BrFNO3/c1-2-29-22(28)13-26-20-10-7-14-5-3-4-6-16(14)23(20)18(12-21(26)27)17-11-15(24)8-9-19(17)25/h3-11,18H,2,12-13H2,1H3. The van der Waals surface area contributed by atoms with Crippen molar-refractivity contribution in [3.05, 3.63) is 76.0 Å². The average Bonchev–Trinajstić information content (AvgIpc) is 2.71. The molecular formula is C23H19BrFNO3. The first-order valence-corrected chi connectivity index (χ1v) is 10.2. The van der Waals surface area contributed by atoms with E-state index < -0.39 is 11.9 Å². The summed E-state index contributed by atoms with van der Waals surface area (Å²) in [4.78, 5) is 26.5. The lowest BCUT2D eigenvalue weighted by atomic mass is 9.81. The molecule has 0 fully saturated rings. The highest BCUT2D eigenvalue weighted by Crippen LogP contribution is 2.45. The molecule has 1 aliphatic heterocycles. The zero-order valence-corrected chi connectivity index (χ0v) is 17.4. The number of hydrogen-bond acceptors (Lipinski definition) is 3. The monoisotopic (exact) mass is 455 g/mol. The Kier molecular flexibility index (Phi) is 5.37. The van der Waals surface area contributed by atoms with Crippen LogP contribution in [0.5, 0.6) is 0 Å². The van der Waals surface area contributed by atoms with Gasteiger partial charge >= 0.3 is 5.97 Å². The maximum atomic E-state index is 14.8. The summed E-state index contributed by atoms with van der Waals surface area (Å²) in [5, 5.41) is 1.94. The topological polar surface area (TPSA) is 46.6 Å². The molecule has 0 aliphatic carbocycles. The summed E-state index contributed by atoms with van der Waals surface area (Å²) in [6.45, 7) is 1.81. The number of benzene rings is 3. The lowest BCUT2D eigenvalue weighted by Crippen LogP contribution is -2.41. The van der Waals surface area contributed by atoms with Crippen LogP contribution in [0, 0.1) is 5.82 Å². The fourth-order valence-electron chi connectivity index (χ4n) is 3.96. The largest absolute Gasteiger partial charge is 0.465 e. The van der Waals surface area contributed by atoms with Crippen molar-refractivity contribution in [2.75, 3.05) is 18.1 Å². The van der Waals surface area contributed by atoms with Crippen LogP contribution >= 0.6 is 15.9 Å². The lowest BCUT2D eigenvalue weighted by Gasteiger charge is -2.35. The Labute approximate surface area is 176 Å². The number of ether oxygens (including phenoxy) is 1. The second kappa shape index (κ2) is 7.95. The van der Waals surface area contributed by atoms with E-state index in [4.69, 9.17) is 4.74 Å². The quantitative estimate of drug-likeness (QED) is 0.509. The molecule has 29 heavy (non-hydrogen) atoms. The minimum atomic E-state index is -0.466. The summed E-state index contributed by atoms with van der Waals surface area (Å²) in [5.41, 5.74) is 1.93. The van der Waals surface area contributed by atoms with Crippen LogP contribution in [0.1, 0.15) is 30.4 Å². The number of carbonyl (C=O) groups excluding carboxylic acids is 2. The minimum Gasteiger partial charge on any atom is -0.465 e. The first-order valence-electron chi connectivity index (χ1n) is 9.42. The van der Waals surface area contributed by atoms with Crippen molar-refractivity contribution in [2.45, 2.75) is 19.3 Å². The van der Waals surface area contributed by atoms with Crippen molar-refractivity contribution >= 4 is 44.3 Å². The zero-order chi connectivity index (χ0) is 20.5. The van der Waals surface area contributed by atoms with Gasteiger partial charge < -0.3 is 9.64 Å². The van der Waals surface area contributed by atoms with E-state index in [2.05, 4.69) is 15.9 Å². The Bertz CT molecular complexity index is 1110. The van der Waals surface area contributed by atoms with Crippen molar-refractivity contribution in [1.82, 2.24) is 0 Å². The third-order valence-electron chi connectivity index (χ3n) is 5.19. The molecule has 0 aromatic heterocycles. The van der Waals surface area contributed by atoms with Gasteiger partial charge in [0.15, 0.2) is 0 Å². The number of fused-ring (bicyclic) bond motifs is 3. The van der Waals surface area contributed by atoms with E-state index in [1.165, 1.54) is 11.0 Å². The average molecular weight is 456 g/mol. The van der Waals surface area contributed by atoms with E-state index in [0.717, 1.165) is 20.8 Å². The maximum Gasteiger partial charge on any atom is 0.326 e. The zero-order valence-electron chi connectivity index (χ0n) is 15.8. The summed E-state index contributed by atoms with van der Waals surface area (Å²) in [5.74, 6) is -1.50. The minimum absolute atomic E-state index is 0.0772. The summed E-state index contributed by atoms with van der Waals surface area (Å²) < 4.78 is 20.6. The molecule has 4 rings (SSSR count). The number of nitrogens with zero attached hydrogens (tertiary/aromatic N) is 1. The smallest absolute Gasteiger partial charge is 0.326 e. The maximum absolute atomic E-state index is 14.8. The fourth-order valence-corrected chi connectivity index (χ4v) is 4.34. The Hall–Kier alpha value is -2.73. The molecule has 0 N–H and O–H groups in total. The van der Waals surface area contributed by atoms with E-state index >= 15 is 0 Å². The summed E-state index contributed by atoms with van der Waals surface area (Å²) in [6, 6.07) is 16.3. The van der Waals surface area contributed by atoms with Crippen LogP contribution in [-0.4, -0.2) is 25.0 Å². The molecular weight excluding hydrogens is 437 g/mol. The molecule has 0 saturated carbocycles. The van der Waals surface area contributed by atoms with E-state index in [-0.39, 0.29) is 31.3 Å². The highest BCUT2D eigenvalue weighted by atomic mass is 79.9. The van der Waals surface area contributed by atoms with Gasteiger partial charge in [0.2, 0.25) is 5.91 Å². The number of esters is 1. The van der Waals surface area contributed by atoms with Gasteiger partial charge in [0.05, 0.1) is 6.61 Å². The van der Waals surface area contributed by atoms with Crippen molar-refractivity contribution in [1.29, 1.82) is 0 Å². The van der Waals surface area contributed by atoms with Crippen molar-refractivity contribution < 1.29 is 18.7 Å². The molecule has 1 unspecified atom stereocenters. The lowest BCUT2D eigenvalue weighted by molar-refractivity contribution is -0.142. The molecule has 1 atom stereocenters. The Morgan fingerprint density at radius 1 is 1.21 bits per heavy atom. The van der Waals surface area contributed by atoms with E-state index in [1.54, 1.807) is 19.1 Å². The summed E-state index contributed by atoms with van der Waals surface area (Å²) in [6.07, 6.45) is 0.0772. The molecule has 0 radical (unpaired) electrons.